The minimum absolute atomic E-state index is 0.0597. The predicted molar refractivity (Wildman–Crippen MR) is 77.3 cm³/mol. The molecule has 22 heavy (non-hydrogen) atoms. The van der Waals surface area contributed by atoms with E-state index in [0.29, 0.717) is 12.5 Å². The van der Waals surface area contributed by atoms with Gasteiger partial charge in [-0.3, -0.25) is 0 Å². The summed E-state index contributed by atoms with van der Waals surface area (Å²) in [6, 6.07) is 4.81. The van der Waals surface area contributed by atoms with Crippen LogP contribution in [0.15, 0.2) is 24.3 Å². The Morgan fingerprint density at radius 3 is 2.73 bits per heavy atom. The summed E-state index contributed by atoms with van der Waals surface area (Å²) in [5, 5.41) is 8.43. The summed E-state index contributed by atoms with van der Waals surface area (Å²) < 4.78 is 38.5. The minimum Gasteiger partial charge on any atom is -0.338 e. The van der Waals surface area contributed by atoms with Gasteiger partial charge in [-0.2, -0.15) is 13.2 Å². The minimum atomic E-state index is -4.41. The van der Waals surface area contributed by atoms with Crippen LogP contribution in [0.2, 0.25) is 0 Å². The van der Waals surface area contributed by atoms with E-state index in [4.69, 9.17) is 0 Å². The number of carbonyl (C=O) groups excluding carboxylic acids is 1. The number of urea groups is 1. The van der Waals surface area contributed by atoms with Gasteiger partial charge in [0.1, 0.15) is 0 Å². The molecule has 0 spiro atoms. The van der Waals surface area contributed by atoms with Gasteiger partial charge in [0.25, 0.3) is 0 Å². The van der Waals surface area contributed by atoms with Crippen molar-refractivity contribution in [1.82, 2.24) is 16.0 Å². The van der Waals surface area contributed by atoms with Gasteiger partial charge in [0, 0.05) is 13.1 Å². The summed E-state index contributed by atoms with van der Waals surface area (Å²) in [6.07, 6.45) is -2.29. The van der Waals surface area contributed by atoms with Crippen LogP contribution in [0.3, 0.4) is 0 Å². The van der Waals surface area contributed by atoms with E-state index < -0.39 is 17.8 Å². The van der Waals surface area contributed by atoms with E-state index in [9.17, 15) is 18.0 Å². The Kier molecular flexibility index (Phi) is 5.65. The third kappa shape index (κ3) is 4.91. The van der Waals surface area contributed by atoms with Crippen molar-refractivity contribution in [3.05, 3.63) is 35.4 Å². The van der Waals surface area contributed by atoms with Crippen LogP contribution in [-0.4, -0.2) is 25.7 Å². The maximum Gasteiger partial charge on any atom is 0.416 e. The van der Waals surface area contributed by atoms with Crippen LogP contribution in [0.4, 0.5) is 18.0 Å². The average molecular weight is 315 g/mol. The molecule has 1 unspecified atom stereocenters. The molecule has 1 aromatic rings. The maximum absolute atomic E-state index is 12.8. The Morgan fingerprint density at radius 2 is 2.05 bits per heavy atom. The molecule has 2 amide bonds. The Bertz CT molecular complexity index is 499. The first kappa shape index (κ1) is 16.6. The third-order valence-corrected chi connectivity index (χ3v) is 3.71. The molecule has 1 atom stereocenters. The monoisotopic (exact) mass is 315 g/mol. The zero-order valence-electron chi connectivity index (χ0n) is 12.2. The summed E-state index contributed by atoms with van der Waals surface area (Å²) in [5.74, 6) is 0.377. The molecule has 0 aromatic heterocycles. The normalized spacial score (nSPS) is 18.8. The highest BCUT2D eigenvalue weighted by Gasteiger charge is 2.32. The molecule has 1 aliphatic rings. The molecule has 3 N–H and O–H groups in total. The van der Waals surface area contributed by atoms with Gasteiger partial charge in [-0.1, -0.05) is 18.2 Å². The van der Waals surface area contributed by atoms with E-state index in [1.807, 2.05) is 0 Å². The first-order valence-corrected chi connectivity index (χ1v) is 7.34. The summed E-state index contributed by atoms with van der Waals surface area (Å²) in [7, 11) is 0. The molecule has 0 bridgehead atoms. The van der Waals surface area contributed by atoms with E-state index in [-0.39, 0.29) is 12.1 Å². The van der Waals surface area contributed by atoms with Gasteiger partial charge >= 0.3 is 12.2 Å². The highest BCUT2D eigenvalue weighted by molar-refractivity contribution is 5.73. The molecule has 0 radical (unpaired) electrons. The molecule has 1 aliphatic heterocycles. The number of alkyl halides is 3. The lowest BCUT2D eigenvalue weighted by Crippen LogP contribution is -2.42. The van der Waals surface area contributed by atoms with Crippen molar-refractivity contribution in [2.24, 2.45) is 5.92 Å². The second-order valence-corrected chi connectivity index (χ2v) is 5.43. The number of halogens is 3. The quantitative estimate of drug-likeness (QED) is 0.800. The Morgan fingerprint density at radius 1 is 1.27 bits per heavy atom. The van der Waals surface area contributed by atoms with Gasteiger partial charge in [-0.15, -0.1) is 0 Å². The molecule has 7 heteroatoms. The van der Waals surface area contributed by atoms with Crippen molar-refractivity contribution in [3.8, 4) is 0 Å². The highest BCUT2D eigenvalue weighted by atomic mass is 19.4. The summed E-state index contributed by atoms with van der Waals surface area (Å²) in [5.41, 5.74) is -0.656. The fraction of sp³-hybridized carbons (Fsp3) is 0.533. The molecule has 1 heterocycles. The number of carbonyl (C=O) groups is 1. The van der Waals surface area contributed by atoms with Crippen LogP contribution in [0.5, 0.6) is 0 Å². The van der Waals surface area contributed by atoms with Crippen LogP contribution in [-0.2, 0) is 12.7 Å². The summed E-state index contributed by atoms with van der Waals surface area (Å²) >= 11 is 0. The zero-order chi connectivity index (χ0) is 16.0. The first-order chi connectivity index (χ1) is 10.5. The number of nitrogens with one attached hydrogen (secondary N) is 3. The van der Waals surface area contributed by atoms with E-state index in [2.05, 4.69) is 16.0 Å². The lowest BCUT2D eigenvalue weighted by atomic mass is 10.00. The van der Waals surface area contributed by atoms with E-state index in [0.717, 1.165) is 32.0 Å². The van der Waals surface area contributed by atoms with Crippen LogP contribution < -0.4 is 16.0 Å². The number of amides is 2. The lowest BCUT2D eigenvalue weighted by Gasteiger charge is -2.23. The zero-order valence-corrected chi connectivity index (χ0v) is 12.2. The first-order valence-electron chi connectivity index (χ1n) is 7.34. The van der Waals surface area contributed by atoms with Gasteiger partial charge in [-0.25, -0.2) is 4.79 Å². The SMILES string of the molecule is O=C(NCc1ccccc1C(F)(F)F)NCC1CCCNC1. The van der Waals surface area contributed by atoms with Gasteiger partial charge in [0.2, 0.25) is 0 Å². The summed E-state index contributed by atoms with van der Waals surface area (Å²) in [4.78, 5) is 11.7. The largest absolute Gasteiger partial charge is 0.416 e. The molecule has 1 saturated heterocycles. The lowest BCUT2D eigenvalue weighted by molar-refractivity contribution is -0.138. The second-order valence-electron chi connectivity index (χ2n) is 5.43. The fourth-order valence-electron chi connectivity index (χ4n) is 2.52. The van der Waals surface area contributed by atoms with Crippen molar-refractivity contribution in [2.45, 2.75) is 25.6 Å². The van der Waals surface area contributed by atoms with Crippen LogP contribution in [0.25, 0.3) is 0 Å². The van der Waals surface area contributed by atoms with Crippen molar-refractivity contribution >= 4 is 6.03 Å². The van der Waals surface area contributed by atoms with E-state index >= 15 is 0 Å². The van der Waals surface area contributed by atoms with Crippen LogP contribution >= 0.6 is 0 Å². The molecule has 1 aromatic carbocycles. The van der Waals surface area contributed by atoms with Crippen molar-refractivity contribution < 1.29 is 18.0 Å². The number of rotatable bonds is 4. The highest BCUT2D eigenvalue weighted by Crippen LogP contribution is 2.31. The molecular weight excluding hydrogens is 295 g/mol. The molecule has 0 saturated carbocycles. The molecule has 2 rings (SSSR count). The smallest absolute Gasteiger partial charge is 0.338 e. The predicted octanol–water partition coefficient (Wildman–Crippen LogP) is 2.50. The Labute approximate surface area is 127 Å². The fourth-order valence-corrected chi connectivity index (χ4v) is 2.52. The van der Waals surface area contributed by atoms with Gasteiger partial charge < -0.3 is 16.0 Å². The van der Waals surface area contributed by atoms with Crippen LogP contribution in [0.1, 0.15) is 24.0 Å². The van der Waals surface area contributed by atoms with Gasteiger partial charge in [0.15, 0.2) is 0 Å². The Balaban J connectivity index is 1.81. The van der Waals surface area contributed by atoms with Gasteiger partial charge in [0.05, 0.1) is 5.56 Å². The molecule has 1 fully saturated rings. The summed E-state index contributed by atoms with van der Waals surface area (Å²) in [6.45, 7) is 2.23. The topological polar surface area (TPSA) is 53.2 Å². The number of hydrogen-bond donors (Lipinski definition) is 3. The number of benzene rings is 1. The van der Waals surface area contributed by atoms with Crippen molar-refractivity contribution in [3.63, 3.8) is 0 Å². The van der Waals surface area contributed by atoms with Crippen molar-refractivity contribution in [1.29, 1.82) is 0 Å². The molecular formula is C15H20F3N3O. The molecule has 122 valence electrons. The number of hydrogen-bond acceptors (Lipinski definition) is 2. The van der Waals surface area contributed by atoms with E-state index in [1.165, 1.54) is 18.2 Å². The van der Waals surface area contributed by atoms with Gasteiger partial charge in [-0.05, 0) is 43.5 Å². The third-order valence-electron chi connectivity index (χ3n) is 3.71. The van der Waals surface area contributed by atoms with E-state index in [1.54, 1.807) is 0 Å². The van der Waals surface area contributed by atoms with Crippen molar-refractivity contribution in [2.75, 3.05) is 19.6 Å². The standard InChI is InChI=1S/C15H20F3N3O/c16-15(17,18)13-6-2-1-5-12(13)10-21-14(22)20-9-11-4-3-7-19-8-11/h1-2,5-6,11,19H,3-4,7-10H2,(H2,20,21,22). The maximum atomic E-state index is 12.8. The van der Waals surface area contributed by atoms with Crippen LogP contribution in [0, 0.1) is 5.92 Å². The molecule has 4 nitrogen and oxygen atoms in total. The average Bonchev–Trinajstić information content (AvgIpc) is 2.51. The number of piperidine rings is 1. The molecule has 0 aliphatic carbocycles. The second kappa shape index (κ2) is 7.49. The Hall–Kier alpha value is -1.76.